The maximum absolute atomic E-state index is 12.3. The van der Waals surface area contributed by atoms with E-state index in [1.807, 2.05) is 19.2 Å². The number of carbonyl (C=O) groups excluding carboxylic acids is 2. The van der Waals surface area contributed by atoms with Crippen molar-refractivity contribution in [1.82, 2.24) is 5.32 Å². The Hall–Kier alpha value is -2.18. The molecular weight excluding hydrogens is 324 g/mol. The number of rotatable bonds is 7. The van der Waals surface area contributed by atoms with E-state index >= 15 is 0 Å². The summed E-state index contributed by atoms with van der Waals surface area (Å²) in [5.41, 5.74) is 0.874. The highest BCUT2D eigenvalue weighted by atomic mass is 32.1. The molecule has 0 aliphatic heterocycles. The number of hydrogen-bond acceptors (Lipinski definition) is 4. The van der Waals surface area contributed by atoms with Gasteiger partial charge in [-0.25, -0.2) is 0 Å². The molecule has 24 heavy (non-hydrogen) atoms. The molecule has 1 aromatic heterocycles. The van der Waals surface area contributed by atoms with Crippen LogP contribution in [0.15, 0.2) is 41.8 Å². The molecule has 2 amide bonds. The van der Waals surface area contributed by atoms with Crippen LogP contribution in [0.1, 0.15) is 40.3 Å². The summed E-state index contributed by atoms with van der Waals surface area (Å²) in [5.74, 6) is -0.354. The van der Waals surface area contributed by atoms with Gasteiger partial charge in [-0.2, -0.15) is 0 Å². The zero-order chi connectivity index (χ0) is 17.5. The molecule has 2 rings (SSSR count). The van der Waals surface area contributed by atoms with E-state index < -0.39 is 6.10 Å². The second kappa shape index (κ2) is 8.61. The fraction of sp³-hybridized carbons (Fsp3) is 0.333. The number of carbonyl (C=O) groups is 2. The predicted octanol–water partition coefficient (Wildman–Crippen LogP) is 3.14. The maximum Gasteiger partial charge on any atom is 0.265 e. The van der Waals surface area contributed by atoms with Crippen molar-refractivity contribution < 1.29 is 14.7 Å². The Morgan fingerprint density at radius 1 is 1.12 bits per heavy atom. The molecule has 1 heterocycles. The highest BCUT2D eigenvalue weighted by Crippen LogP contribution is 2.18. The van der Waals surface area contributed by atoms with Crippen molar-refractivity contribution in [3.05, 3.63) is 52.2 Å². The first-order chi connectivity index (χ1) is 11.5. The van der Waals surface area contributed by atoms with Gasteiger partial charge in [0.1, 0.15) is 0 Å². The Kier molecular flexibility index (Phi) is 6.52. The lowest BCUT2D eigenvalue weighted by atomic mass is 10.0. The Balaban J connectivity index is 2.00. The lowest BCUT2D eigenvalue weighted by molar-refractivity contribution is 0.0921. The van der Waals surface area contributed by atoms with Crippen molar-refractivity contribution in [2.75, 3.05) is 11.9 Å². The van der Waals surface area contributed by atoms with Crippen molar-refractivity contribution in [2.24, 2.45) is 5.92 Å². The fourth-order valence-corrected chi connectivity index (χ4v) is 2.76. The number of aliphatic hydroxyl groups is 1. The Bertz CT molecular complexity index is 683. The zero-order valence-corrected chi connectivity index (χ0v) is 14.6. The Morgan fingerprint density at radius 3 is 2.54 bits per heavy atom. The highest BCUT2D eigenvalue weighted by Gasteiger charge is 2.15. The van der Waals surface area contributed by atoms with Gasteiger partial charge < -0.3 is 15.7 Å². The van der Waals surface area contributed by atoms with Gasteiger partial charge in [-0.1, -0.05) is 32.0 Å². The SMILES string of the molecule is CC(C)C(O)CCNC(=O)c1ccccc1NC(=O)c1cccs1. The molecule has 0 saturated carbocycles. The summed E-state index contributed by atoms with van der Waals surface area (Å²) in [7, 11) is 0. The van der Waals surface area contributed by atoms with Gasteiger partial charge in [0.15, 0.2) is 0 Å². The number of aliphatic hydroxyl groups excluding tert-OH is 1. The summed E-state index contributed by atoms with van der Waals surface area (Å²) in [6, 6.07) is 10.4. The zero-order valence-electron chi connectivity index (χ0n) is 13.8. The van der Waals surface area contributed by atoms with Crippen LogP contribution >= 0.6 is 11.3 Å². The molecule has 3 N–H and O–H groups in total. The smallest absolute Gasteiger partial charge is 0.265 e. The lowest BCUT2D eigenvalue weighted by Crippen LogP contribution is -2.29. The quantitative estimate of drug-likeness (QED) is 0.721. The van der Waals surface area contributed by atoms with E-state index in [4.69, 9.17) is 0 Å². The van der Waals surface area contributed by atoms with Gasteiger partial charge in [0, 0.05) is 6.54 Å². The van der Waals surface area contributed by atoms with Crippen LogP contribution in [0.5, 0.6) is 0 Å². The van der Waals surface area contributed by atoms with Gasteiger partial charge in [0.05, 0.1) is 22.2 Å². The van der Waals surface area contributed by atoms with Crippen LogP contribution < -0.4 is 10.6 Å². The molecular formula is C18H22N2O3S. The van der Waals surface area contributed by atoms with Crippen molar-refractivity contribution >= 4 is 28.8 Å². The van der Waals surface area contributed by atoms with E-state index in [-0.39, 0.29) is 17.7 Å². The van der Waals surface area contributed by atoms with Crippen LogP contribution in [-0.4, -0.2) is 29.6 Å². The van der Waals surface area contributed by atoms with Gasteiger partial charge in [-0.15, -0.1) is 11.3 Å². The van der Waals surface area contributed by atoms with Crippen molar-refractivity contribution in [3.63, 3.8) is 0 Å². The average Bonchev–Trinajstić information content (AvgIpc) is 3.09. The molecule has 0 aliphatic rings. The van der Waals surface area contributed by atoms with Crippen molar-refractivity contribution in [2.45, 2.75) is 26.4 Å². The van der Waals surface area contributed by atoms with Gasteiger partial charge >= 0.3 is 0 Å². The van der Waals surface area contributed by atoms with E-state index in [1.165, 1.54) is 11.3 Å². The number of thiophene rings is 1. The van der Waals surface area contributed by atoms with Crippen LogP contribution in [0.2, 0.25) is 0 Å². The van der Waals surface area contributed by atoms with Crippen LogP contribution in [0, 0.1) is 5.92 Å². The monoisotopic (exact) mass is 346 g/mol. The minimum atomic E-state index is -0.445. The molecule has 1 unspecified atom stereocenters. The summed E-state index contributed by atoms with van der Waals surface area (Å²) in [6.45, 7) is 4.25. The average molecular weight is 346 g/mol. The molecule has 2 aromatic rings. The molecule has 5 nitrogen and oxygen atoms in total. The van der Waals surface area contributed by atoms with E-state index in [0.29, 0.717) is 29.1 Å². The van der Waals surface area contributed by atoms with E-state index in [1.54, 1.807) is 36.4 Å². The van der Waals surface area contributed by atoms with E-state index in [9.17, 15) is 14.7 Å². The van der Waals surface area contributed by atoms with Crippen LogP contribution in [0.4, 0.5) is 5.69 Å². The Morgan fingerprint density at radius 2 is 1.88 bits per heavy atom. The topological polar surface area (TPSA) is 78.4 Å². The second-order valence-electron chi connectivity index (χ2n) is 5.83. The summed E-state index contributed by atoms with van der Waals surface area (Å²) < 4.78 is 0. The minimum Gasteiger partial charge on any atom is -0.393 e. The summed E-state index contributed by atoms with van der Waals surface area (Å²) in [4.78, 5) is 25.1. The molecule has 0 saturated heterocycles. The molecule has 0 aliphatic carbocycles. The molecule has 128 valence electrons. The van der Waals surface area contributed by atoms with Crippen LogP contribution in [-0.2, 0) is 0 Å². The van der Waals surface area contributed by atoms with Crippen molar-refractivity contribution in [1.29, 1.82) is 0 Å². The number of anilines is 1. The molecule has 0 bridgehead atoms. The molecule has 1 aromatic carbocycles. The third-order valence-corrected chi connectivity index (χ3v) is 4.53. The van der Waals surface area contributed by atoms with Gasteiger partial charge in [-0.05, 0) is 35.9 Å². The predicted molar refractivity (Wildman–Crippen MR) is 96.5 cm³/mol. The van der Waals surface area contributed by atoms with Crippen LogP contribution in [0.3, 0.4) is 0 Å². The summed E-state index contributed by atoms with van der Waals surface area (Å²) in [6.07, 6.45) is 0.0479. The standard InChI is InChI=1S/C18H22N2O3S/c1-12(2)15(21)9-10-19-17(22)13-6-3-4-7-14(13)20-18(23)16-8-5-11-24-16/h3-8,11-12,15,21H,9-10H2,1-2H3,(H,19,22)(H,20,23). The highest BCUT2D eigenvalue weighted by molar-refractivity contribution is 7.12. The minimum absolute atomic E-state index is 0.152. The van der Waals surface area contributed by atoms with Gasteiger partial charge in [-0.3, -0.25) is 9.59 Å². The molecule has 0 spiro atoms. The van der Waals surface area contributed by atoms with Gasteiger partial charge in [0.2, 0.25) is 0 Å². The normalized spacial score (nSPS) is 12.0. The van der Waals surface area contributed by atoms with Crippen LogP contribution in [0.25, 0.3) is 0 Å². The first-order valence-electron chi connectivity index (χ1n) is 7.89. The molecule has 1 atom stereocenters. The largest absolute Gasteiger partial charge is 0.393 e. The number of hydrogen-bond donors (Lipinski definition) is 3. The Labute approximate surface area is 145 Å². The van der Waals surface area contributed by atoms with Gasteiger partial charge in [0.25, 0.3) is 11.8 Å². The number of amides is 2. The summed E-state index contributed by atoms with van der Waals surface area (Å²) >= 11 is 1.34. The molecule has 6 heteroatoms. The van der Waals surface area contributed by atoms with E-state index in [2.05, 4.69) is 10.6 Å². The third kappa shape index (κ3) is 4.91. The molecule has 0 radical (unpaired) electrons. The number of para-hydroxylation sites is 1. The first kappa shape index (κ1) is 18.2. The third-order valence-electron chi connectivity index (χ3n) is 3.66. The van der Waals surface area contributed by atoms with Crippen molar-refractivity contribution in [3.8, 4) is 0 Å². The molecule has 0 fully saturated rings. The first-order valence-corrected chi connectivity index (χ1v) is 8.77. The fourth-order valence-electron chi connectivity index (χ4n) is 2.14. The summed E-state index contributed by atoms with van der Waals surface area (Å²) in [5, 5.41) is 17.2. The maximum atomic E-state index is 12.3. The number of nitrogens with one attached hydrogen (secondary N) is 2. The second-order valence-corrected chi connectivity index (χ2v) is 6.78. The van der Waals surface area contributed by atoms with E-state index in [0.717, 1.165) is 0 Å². The number of benzene rings is 1. The lowest BCUT2D eigenvalue weighted by Gasteiger charge is -2.15.